The smallest absolute Gasteiger partial charge is 0.321 e. The Bertz CT molecular complexity index is 513. The number of carboxylic acids is 1. The van der Waals surface area contributed by atoms with Crippen LogP contribution in [-0.4, -0.2) is 41.6 Å². The summed E-state index contributed by atoms with van der Waals surface area (Å²) in [6.07, 6.45) is 19.5. The molecule has 0 radical (unpaired) electrons. The fraction of sp³-hybridized carbons (Fsp3) is 0.885. The van der Waals surface area contributed by atoms with Crippen molar-refractivity contribution < 1.29 is 24.2 Å². The maximum Gasteiger partial charge on any atom is 0.321 e. The summed E-state index contributed by atoms with van der Waals surface area (Å²) in [4.78, 5) is 34.4. The average Bonchev–Trinajstić information content (AvgIpc) is 2.79. The lowest BCUT2D eigenvalue weighted by Gasteiger charge is -2.17. The van der Waals surface area contributed by atoms with Crippen molar-refractivity contribution in [2.24, 2.45) is 5.73 Å². The number of nitrogens with one attached hydrogen (secondary N) is 1. The van der Waals surface area contributed by atoms with E-state index in [-0.39, 0.29) is 18.9 Å². The lowest BCUT2D eigenvalue weighted by molar-refractivity contribution is -0.149. The molecule has 0 aromatic carbocycles. The molecule has 0 aliphatic carbocycles. The summed E-state index contributed by atoms with van der Waals surface area (Å²) in [5.74, 6) is -1.91. The van der Waals surface area contributed by atoms with Crippen LogP contribution >= 0.6 is 0 Å². The molecule has 0 bridgehead atoms. The van der Waals surface area contributed by atoms with Crippen molar-refractivity contribution in [3.8, 4) is 0 Å². The number of esters is 1. The van der Waals surface area contributed by atoms with Gasteiger partial charge in [-0.25, -0.2) is 0 Å². The molecule has 0 rings (SSSR count). The van der Waals surface area contributed by atoms with Gasteiger partial charge in [0.25, 0.3) is 0 Å². The summed E-state index contributed by atoms with van der Waals surface area (Å²) in [7, 11) is 0. The highest BCUT2D eigenvalue weighted by atomic mass is 16.5. The van der Waals surface area contributed by atoms with E-state index in [0.717, 1.165) is 19.3 Å². The lowest BCUT2D eigenvalue weighted by atomic mass is 10.0. The van der Waals surface area contributed by atoms with E-state index >= 15 is 0 Å². The van der Waals surface area contributed by atoms with E-state index in [1.165, 1.54) is 77.0 Å². The molecule has 0 heterocycles. The zero-order valence-electron chi connectivity index (χ0n) is 21.2. The number of rotatable bonds is 23. The van der Waals surface area contributed by atoms with Crippen LogP contribution < -0.4 is 11.1 Å². The molecule has 0 fully saturated rings. The number of carboxylic acid groups (broad SMARTS) is 1. The third kappa shape index (κ3) is 20.7. The normalized spacial score (nSPS) is 12.8. The topological polar surface area (TPSA) is 119 Å². The standard InChI is InChI=1S/C26H50N2O5/c1-3-5-6-7-8-9-10-11-12-13-14-15-16-17-18-19-25(30)33-22(4-2)21-28-24(29)20-23(27)26(31)32/h22-23H,3-21,27H2,1-2H3,(H,28,29)(H,31,32). The maximum absolute atomic E-state index is 12.0. The van der Waals surface area contributed by atoms with Gasteiger partial charge in [0.2, 0.25) is 5.91 Å². The molecule has 7 nitrogen and oxygen atoms in total. The van der Waals surface area contributed by atoms with Crippen LogP contribution in [0.3, 0.4) is 0 Å². The summed E-state index contributed by atoms with van der Waals surface area (Å²) in [5.41, 5.74) is 5.34. The van der Waals surface area contributed by atoms with Crippen LogP contribution in [0.4, 0.5) is 0 Å². The fourth-order valence-electron chi connectivity index (χ4n) is 3.74. The zero-order valence-corrected chi connectivity index (χ0v) is 21.2. The first-order chi connectivity index (χ1) is 15.9. The van der Waals surface area contributed by atoms with E-state index in [2.05, 4.69) is 12.2 Å². The average molecular weight is 471 g/mol. The Morgan fingerprint density at radius 1 is 0.788 bits per heavy atom. The van der Waals surface area contributed by atoms with Crippen LogP contribution in [0, 0.1) is 0 Å². The third-order valence-electron chi connectivity index (χ3n) is 5.99. The summed E-state index contributed by atoms with van der Waals surface area (Å²) in [5, 5.41) is 11.3. The lowest BCUT2D eigenvalue weighted by Crippen LogP contribution is -2.40. The maximum atomic E-state index is 12.0. The van der Waals surface area contributed by atoms with Gasteiger partial charge >= 0.3 is 11.9 Å². The highest BCUT2D eigenvalue weighted by molar-refractivity contribution is 5.84. The van der Waals surface area contributed by atoms with E-state index in [1.807, 2.05) is 6.92 Å². The van der Waals surface area contributed by atoms with Gasteiger partial charge in [-0.15, -0.1) is 0 Å². The minimum absolute atomic E-state index is 0.173. The minimum Gasteiger partial charge on any atom is -0.480 e. The number of hydrogen-bond donors (Lipinski definition) is 3. The summed E-state index contributed by atoms with van der Waals surface area (Å²) in [6, 6.07) is -1.22. The molecule has 7 heteroatoms. The number of amides is 1. The Morgan fingerprint density at radius 3 is 1.67 bits per heavy atom. The van der Waals surface area contributed by atoms with Gasteiger partial charge < -0.3 is 20.9 Å². The molecule has 2 atom stereocenters. The highest BCUT2D eigenvalue weighted by Gasteiger charge is 2.18. The van der Waals surface area contributed by atoms with Crippen LogP contribution in [0.15, 0.2) is 0 Å². The van der Waals surface area contributed by atoms with E-state index in [9.17, 15) is 14.4 Å². The Kier molecular flexibility index (Phi) is 21.1. The molecule has 0 saturated carbocycles. The van der Waals surface area contributed by atoms with Crippen LogP contribution in [0.2, 0.25) is 0 Å². The van der Waals surface area contributed by atoms with Crippen molar-refractivity contribution in [2.75, 3.05) is 6.54 Å². The Labute approximate surface area is 201 Å². The number of carbonyl (C=O) groups excluding carboxylic acids is 2. The monoisotopic (exact) mass is 470 g/mol. The van der Waals surface area contributed by atoms with Crippen molar-refractivity contribution in [2.45, 2.75) is 142 Å². The molecular weight excluding hydrogens is 420 g/mol. The molecule has 0 aromatic heterocycles. The number of hydrogen-bond acceptors (Lipinski definition) is 5. The first-order valence-electron chi connectivity index (χ1n) is 13.3. The van der Waals surface area contributed by atoms with Gasteiger partial charge in [-0.1, -0.05) is 104 Å². The van der Waals surface area contributed by atoms with Crippen molar-refractivity contribution in [3.63, 3.8) is 0 Å². The van der Waals surface area contributed by atoms with Crippen molar-refractivity contribution >= 4 is 17.8 Å². The highest BCUT2D eigenvalue weighted by Crippen LogP contribution is 2.14. The zero-order chi connectivity index (χ0) is 24.7. The van der Waals surface area contributed by atoms with Crippen LogP contribution in [0.5, 0.6) is 0 Å². The predicted octanol–water partition coefficient (Wildman–Crippen LogP) is 5.49. The molecule has 0 aliphatic heterocycles. The first-order valence-corrected chi connectivity index (χ1v) is 13.3. The quantitative estimate of drug-likeness (QED) is 0.134. The van der Waals surface area contributed by atoms with Gasteiger partial charge in [0.05, 0.1) is 13.0 Å². The summed E-state index contributed by atoms with van der Waals surface area (Å²) < 4.78 is 5.42. The summed E-state index contributed by atoms with van der Waals surface area (Å²) in [6.45, 7) is 4.31. The second-order valence-electron chi connectivity index (χ2n) is 9.17. The SMILES string of the molecule is CCCCCCCCCCCCCCCCCC(=O)OC(CC)CNC(=O)CC(N)C(=O)O. The van der Waals surface area contributed by atoms with E-state index in [0.29, 0.717) is 12.8 Å². The minimum atomic E-state index is -1.22. The molecule has 0 aliphatic rings. The van der Waals surface area contributed by atoms with E-state index in [4.69, 9.17) is 15.6 Å². The van der Waals surface area contributed by atoms with Gasteiger partial charge in [-0.3, -0.25) is 14.4 Å². The van der Waals surface area contributed by atoms with Gasteiger partial charge in [-0.2, -0.15) is 0 Å². The van der Waals surface area contributed by atoms with E-state index < -0.39 is 24.0 Å². The number of nitrogens with two attached hydrogens (primary N) is 1. The number of carbonyl (C=O) groups is 3. The number of aliphatic carboxylic acids is 1. The van der Waals surface area contributed by atoms with Gasteiger partial charge in [0, 0.05) is 6.42 Å². The number of unbranched alkanes of at least 4 members (excludes halogenated alkanes) is 14. The molecule has 0 spiro atoms. The Hall–Kier alpha value is -1.63. The van der Waals surface area contributed by atoms with Crippen molar-refractivity contribution in [3.05, 3.63) is 0 Å². The van der Waals surface area contributed by atoms with Crippen LogP contribution in [0.1, 0.15) is 129 Å². The Morgan fingerprint density at radius 2 is 1.24 bits per heavy atom. The molecule has 0 saturated heterocycles. The largest absolute Gasteiger partial charge is 0.480 e. The predicted molar refractivity (Wildman–Crippen MR) is 133 cm³/mol. The molecule has 33 heavy (non-hydrogen) atoms. The molecule has 4 N–H and O–H groups in total. The summed E-state index contributed by atoms with van der Waals surface area (Å²) >= 11 is 0. The van der Waals surface area contributed by atoms with E-state index in [1.54, 1.807) is 0 Å². The Balaban J connectivity index is 3.57. The molecule has 194 valence electrons. The van der Waals surface area contributed by atoms with Crippen LogP contribution in [-0.2, 0) is 19.1 Å². The second-order valence-corrected chi connectivity index (χ2v) is 9.17. The second kappa shape index (κ2) is 22.2. The third-order valence-corrected chi connectivity index (χ3v) is 5.99. The fourth-order valence-corrected chi connectivity index (χ4v) is 3.74. The van der Waals surface area contributed by atoms with Crippen molar-refractivity contribution in [1.82, 2.24) is 5.32 Å². The van der Waals surface area contributed by atoms with Crippen LogP contribution in [0.25, 0.3) is 0 Å². The molecule has 0 aromatic rings. The van der Waals surface area contributed by atoms with Gasteiger partial charge in [0.15, 0.2) is 0 Å². The first kappa shape index (κ1) is 31.4. The van der Waals surface area contributed by atoms with Crippen molar-refractivity contribution in [1.29, 1.82) is 0 Å². The molecular formula is C26H50N2O5. The van der Waals surface area contributed by atoms with Gasteiger partial charge in [-0.05, 0) is 12.8 Å². The molecule has 1 amide bonds. The number of ether oxygens (including phenoxy) is 1. The molecule has 2 unspecified atom stereocenters. The van der Waals surface area contributed by atoms with Gasteiger partial charge in [0.1, 0.15) is 12.1 Å².